The van der Waals surface area contributed by atoms with Crippen LogP contribution in [0.4, 0.5) is 4.39 Å². The number of aliphatic carboxylic acids is 1. The molecule has 0 unspecified atom stereocenters. The smallest absolute Gasteiger partial charge is 0.305 e. The van der Waals surface area contributed by atoms with E-state index in [1.165, 1.54) is 12.1 Å². The van der Waals surface area contributed by atoms with E-state index in [4.69, 9.17) is 19.4 Å². The first-order chi connectivity index (χ1) is 19.0. The molecule has 0 amide bonds. The molecule has 1 aliphatic carbocycles. The Balaban J connectivity index is 1.68. The van der Waals surface area contributed by atoms with Crippen molar-refractivity contribution in [2.45, 2.75) is 83.7 Å². The van der Waals surface area contributed by atoms with Gasteiger partial charge in [-0.15, -0.1) is 0 Å². The highest BCUT2D eigenvalue weighted by Crippen LogP contribution is 2.42. The summed E-state index contributed by atoms with van der Waals surface area (Å²) in [5.74, 6) is -1.99. The summed E-state index contributed by atoms with van der Waals surface area (Å²) in [4.78, 5) is 21.4. The quantitative estimate of drug-likeness (QED) is 0.288. The van der Waals surface area contributed by atoms with E-state index in [0.717, 1.165) is 68.8 Å². The van der Waals surface area contributed by atoms with Gasteiger partial charge < -0.3 is 14.6 Å². The van der Waals surface area contributed by atoms with Crippen molar-refractivity contribution in [3.63, 3.8) is 0 Å². The summed E-state index contributed by atoms with van der Waals surface area (Å²) in [7, 11) is 0. The Morgan fingerprint density at radius 2 is 1.90 bits per heavy atom. The number of benzene rings is 1. The van der Waals surface area contributed by atoms with E-state index < -0.39 is 17.9 Å². The number of hydrogen-bond acceptors (Lipinski definition) is 5. The van der Waals surface area contributed by atoms with Crippen molar-refractivity contribution in [2.24, 2.45) is 0 Å². The highest BCUT2D eigenvalue weighted by Gasteiger charge is 2.35. The number of carboxylic acid groups (broad SMARTS) is 1. The van der Waals surface area contributed by atoms with Crippen molar-refractivity contribution in [3.8, 4) is 22.4 Å². The molecule has 3 heterocycles. The van der Waals surface area contributed by atoms with E-state index in [9.17, 15) is 14.3 Å². The molecule has 1 saturated heterocycles. The molecule has 210 valence electrons. The van der Waals surface area contributed by atoms with E-state index in [1.54, 1.807) is 13.8 Å². The molecule has 6 nitrogen and oxygen atoms in total. The van der Waals surface area contributed by atoms with E-state index >= 15 is 0 Å². The minimum absolute atomic E-state index is 0.0842. The van der Waals surface area contributed by atoms with Gasteiger partial charge in [-0.2, -0.15) is 0 Å². The van der Waals surface area contributed by atoms with E-state index in [0.29, 0.717) is 6.42 Å². The van der Waals surface area contributed by atoms with Crippen molar-refractivity contribution in [1.82, 2.24) is 9.97 Å². The molecule has 5 rings (SSSR count). The standard InChI is InChI=1S/C32H34BrFN2O4/c1-18(2)30-25(13-12-21-16-22(17-28(37)38)40-32(3,4)39-21)29(19-8-10-20(34)11-9-19)24-6-5-7-26-23(31(24)36-30)14-15-27(33)35-26/h8-15,18,21-22H,5-7,16-17H2,1-4H3,(H,37,38)/b13-12+/t21-,22-/m1/s1. The molecular weight excluding hydrogens is 575 g/mol. The van der Waals surface area contributed by atoms with Gasteiger partial charge in [0.15, 0.2) is 5.79 Å². The number of aromatic nitrogens is 2. The highest BCUT2D eigenvalue weighted by atomic mass is 79.9. The van der Waals surface area contributed by atoms with Gasteiger partial charge in [-0.3, -0.25) is 9.78 Å². The number of aryl methyl sites for hydroxylation is 1. The Hall–Kier alpha value is -2.94. The lowest BCUT2D eigenvalue weighted by molar-refractivity contribution is -0.290. The molecule has 0 radical (unpaired) electrons. The third-order valence-electron chi connectivity index (χ3n) is 7.34. The van der Waals surface area contributed by atoms with Crippen LogP contribution >= 0.6 is 15.9 Å². The molecule has 0 saturated carbocycles. The molecule has 40 heavy (non-hydrogen) atoms. The lowest BCUT2D eigenvalue weighted by Crippen LogP contribution is -2.44. The fourth-order valence-corrected chi connectivity index (χ4v) is 6.13. The van der Waals surface area contributed by atoms with Crippen LogP contribution in [0, 0.1) is 5.82 Å². The molecule has 3 aromatic rings. The van der Waals surface area contributed by atoms with Crippen molar-refractivity contribution in [2.75, 3.05) is 0 Å². The molecule has 0 bridgehead atoms. The maximum atomic E-state index is 14.0. The largest absolute Gasteiger partial charge is 0.481 e. The molecule has 0 spiro atoms. The van der Waals surface area contributed by atoms with E-state index in [-0.39, 0.29) is 24.3 Å². The Labute approximate surface area is 242 Å². The van der Waals surface area contributed by atoms with Crippen molar-refractivity contribution >= 4 is 28.0 Å². The van der Waals surface area contributed by atoms with Crippen LogP contribution in [0.3, 0.4) is 0 Å². The third-order valence-corrected chi connectivity index (χ3v) is 7.78. The summed E-state index contributed by atoms with van der Waals surface area (Å²) in [5.41, 5.74) is 7.96. The second-order valence-electron chi connectivity index (χ2n) is 11.2. The number of hydrogen-bond donors (Lipinski definition) is 1. The predicted molar refractivity (Wildman–Crippen MR) is 156 cm³/mol. The van der Waals surface area contributed by atoms with Gasteiger partial charge in [0.05, 0.1) is 35.7 Å². The monoisotopic (exact) mass is 608 g/mol. The van der Waals surface area contributed by atoms with Crippen molar-refractivity contribution in [1.29, 1.82) is 0 Å². The molecule has 1 aliphatic heterocycles. The number of ether oxygens (including phenoxy) is 2. The molecule has 2 aromatic heterocycles. The van der Waals surface area contributed by atoms with Gasteiger partial charge in [-0.1, -0.05) is 38.1 Å². The van der Waals surface area contributed by atoms with Gasteiger partial charge in [0.25, 0.3) is 0 Å². The number of pyridine rings is 2. The fraction of sp³-hybridized carbons (Fsp3) is 0.406. The Morgan fingerprint density at radius 1 is 1.15 bits per heavy atom. The minimum atomic E-state index is -0.912. The minimum Gasteiger partial charge on any atom is -0.481 e. The fourth-order valence-electron chi connectivity index (χ4n) is 5.78. The molecule has 2 aliphatic rings. The maximum Gasteiger partial charge on any atom is 0.305 e. The van der Waals surface area contributed by atoms with Gasteiger partial charge in [0.1, 0.15) is 10.4 Å². The number of halogens is 2. The molecular formula is C32H34BrFN2O4. The molecule has 8 heteroatoms. The van der Waals surface area contributed by atoms with Gasteiger partial charge in [0.2, 0.25) is 0 Å². The number of fused-ring (bicyclic) bond motifs is 3. The summed E-state index contributed by atoms with van der Waals surface area (Å²) in [5, 5.41) is 9.35. The second-order valence-corrected chi connectivity index (χ2v) is 12.1. The molecule has 1 aromatic carbocycles. The van der Waals surface area contributed by atoms with Gasteiger partial charge >= 0.3 is 5.97 Å². The number of carbonyl (C=O) groups is 1. The van der Waals surface area contributed by atoms with E-state index in [1.807, 2.05) is 24.3 Å². The summed E-state index contributed by atoms with van der Waals surface area (Å²) in [6.45, 7) is 7.85. The van der Waals surface area contributed by atoms with Crippen LogP contribution in [-0.2, 0) is 27.1 Å². The van der Waals surface area contributed by atoms with Crippen LogP contribution in [0.2, 0.25) is 0 Å². The Kier molecular flexibility index (Phi) is 8.22. The first-order valence-corrected chi connectivity index (χ1v) is 14.5. The van der Waals surface area contributed by atoms with Crippen LogP contribution in [0.5, 0.6) is 0 Å². The van der Waals surface area contributed by atoms with Gasteiger partial charge in [0, 0.05) is 17.5 Å². The van der Waals surface area contributed by atoms with Gasteiger partial charge in [-0.05, 0) is 95.9 Å². The molecule has 1 fully saturated rings. The zero-order valence-electron chi connectivity index (χ0n) is 23.2. The highest BCUT2D eigenvalue weighted by molar-refractivity contribution is 9.10. The summed E-state index contributed by atoms with van der Waals surface area (Å²) in [6, 6.07) is 10.7. The molecule has 2 atom stereocenters. The van der Waals surface area contributed by atoms with Crippen LogP contribution in [-0.4, -0.2) is 39.0 Å². The lowest BCUT2D eigenvalue weighted by Gasteiger charge is -2.39. The summed E-state index contributed by atoms with van der Waals surface area (Å²) < 4.78 is 26.9. The van der Waals surface area contributed by atoms with Gasteiger partial charge in [-0.25, -0.2) is 9.37 Å². The topological polar surface area (TPSA) is 81.5 Å². The van der Waals surface area contributed by atoms with Crippen molar-refractivity contribution < 1.29 is 23.8 Å². The number of nitrogens with zero attached hydrogens (tertiary/aromatic N) is 2. The average Bonchev–Trinajstić information content (AvgIpc) is 3.04. The third kappa shape index (κ3) is 6.19. The Morgan fingerprint density at radius 3 is 2.60 bits per heavy atom. The second kappa shape index (κ2) is 11.5. The normalized spacial score (nSPS) is 20.3. The number of rotatable bonds is 6. The van der Waals surface area contributed by atoms with Crippen LogP contribution in [0.25, 0.3) is 28.5 Å². The van der Waals surface area contributed by atoms with Crippen LogP contribution in [0.1, 0.15) is 75.4 Å². The number of carboxylic acids is 1. The predicted octanol–water partition coefficient (Wildman–Crippen LogP) is 7.72. The van der Waals surface area contributed by atoms with E-state index in [2.05, 4.69) is 41.9 Å². The van der Waals surface area contributed by atoms with Crippen LogP contribution < -0.4 is 0 Å². The van der Waals surface area contributed by atoms with Crippen LogP contribution in [0.15, 0.2) is 47.1 Å². The van der Waals surface area contributed by atoms with Crippen molar-refractivity contribution in [3.05, 3.63) is 75.4 Å². The summed E-state index contributed by atoms with van der Waals surface area (Å²) >= 11 is 3.52. The Bertz CT molecular complexity index is 1450. The zero-order chi connectivity index (χ0) is 28.6. The maximum absolute atomic E-state index is 14.0. The lowest BCUT2D eigenvalue weighted by atomic mass is 9.86. The SMILES string of the molecule is CC(C)c1nc2c(c(-c3ccc(F)cc3)c1/C=C/[C@@H]1C[C@H](CC(=O)O)OC(C)(C)O1)CCCc1nc(Br)ccc1-2. The average molecular weight is 610 g/mol. The first-order valence-electron chi connectivity index (χ1n) is 13.7. The summed E-state index contributed by atoms with van der Waals surface area (Å²) in [6.07, 6.45) is 6.16. The zero-order valence-corrected chi connectivity index (χ0v) is 24.8. The first kappa shape index (κ1) is 28.6. The molecule has 1 N–H and O–H groups in total.